The Morgan fingerprint density at radius 2 is 2.36 bits per heavy atom. The normalized spacial score (nSPS) is 23.1. The predicted molar refractivity (Wildman–Crippen MR) is 52.0 cm³/mol. The third-order valence-corrected chi connectivity index (χ3v) is 3.10. The largest absolute Gasteiger partial charge is 0.324 e. The van der Waals surface area contributed by atoms with Crippen LogP contribution in [0, 0.1) is 0 Å². The first-order chi connectivity index (χ1) is 6.72. The lowest BCUT2D eigenvalue weighted by Gasteiger charge is -2.44. The number of nitrogens with zero attached hydrogens (tertiary/aromatic N) is 2. The highest BCUT2D eigenvalue weighted by Gasteiger charge is 2.53. The molecule has 3 heterocycles. The van der Waals surface area contributed by atoms with Gasteiger partial charge in [0.2, 0.25) is 5.91 Å². The van der Waals surface area contributed by atoms with Gasteiger partial charge in [0.25, 0.3) is 0 Å². The Labute approximate surface area is 81.9 Å². The van der Waals surface area contributed by atoms with Crippen LogP contribution in [0.25, 0.3) is 0 Å². The third-order valence-electron chi connectivity index (χ3n) is 3.10. The highest BCUT2D eigenvalue weighted by atomic mass is 16.2. The van der Waals surface area contributed by atoms with E-state index in [1.54, 1.807) is 12.4 Å². The highest BCUT2D eigenvalue weighted by molar-refractivity contribution is 6.07. The number of pyridine rings is 1. The number of hydrogen-bond acceptors (Lipinski definition) is 3. The van der Waals surface area contributed by atoms with Crippen LogP contribution in [0.2, 0.25) is 0 Å². The van der Waals surface area contributed by atoms with Crippen molar-refractivity contribution in [3.8, 4) is 0 Å². The molecule has 3 rings (SSSR count). The van der Waals surface area contributed by atoms with Crippen LogP contribution in [0.1, 0.15) is 5.56 Å². The summed E-state index contributed by atoms with van der Waals surface area (Å²) >= 11 is 0. The number of carbonyl (C=O) groups excluding carboxylic acids is 1. The first-order valence-electron chi connectivity index (χ1n) is 4.67. The molecule has 1 aromatic rings. The average Bonchev–Trinajstić information content (AvgIpc) is 2.40. The molecule has 4 heteroatoms. The standard InChI is InChI=1S/C10H11N3O/c1-13-5-10(6-13)7-2-3-11-4-8(7)12-9(10)14/h2-4H,5-6H2,1H3,(H,12,14). The summed E-state index contributed by atoms with van der Waals surface area (Å²) in [7, 11) is 2.03. The zero-order valence-electron chi connectivity index (χ0n) is 7.95. The summed E-state index contributed by atoms with van der Waals surface area (Å²) in [5.74, 6) is 0.124. The predicted octanol–water partition coefficient (Wildman–Crippen LogP) is 0.217. The number of anilines is 1. The average molecular weight is 189 g/mol. The van der Waals surface area contributed by atoms with Crippen LogP contribution in [0.15, 0.2) is 18.5 Å². The van der Waals surface area contributed by atoms with Crippen molar-refractivity contribution in [3.63, 3.8) is 0 Å². The lowest BCUT2D eigenvalue weighted by Crippen LogP contribution is -2.61. The van der Waals surface area contributed by atoms with E-state index in [0.29, 0.717) is 0 Å². The number of likely N-dealkylation sites (N-methyl/N-ethyl adjacent to an activating group) is 1. The second-order valence-corrected chi connectivity index (χ2v) is 4.13. The van der Waals surface area contributed by atoms with Gasteiger partial charge in [-0.15, -0.1) is 0 Å². The van der Waals surface area contributed by atoms with Crippen LogP contribution in [-0.2, 0) is 10.2 Å². The first kappa shape index (κ1) is 7.94. The minimum atomic E-state index is -0.285. The van der Waals surface area contributed by atoms with Gasteiger partial charge in [0, 0.05) is 19.3 Å². The molecule has 0 unspecified atom stereocenters. The zero-order chi connectivity index (χ0) is 9.76. The molecule has 14 heavy (non-hydrogen) atoms. The summed E-state index contributed by atoms with van der Waals surface area (Å²) in [5.41, 5.74) is 1.70. The molecule has 0 aromatic carbocycles. The molecular formula is C10H11N3O. The van der Waals surface area contributed by atoms with Crippen molar-refractivity contribution < 1.29 is 4.79 Å². The van der Waals surface area contributed by atoms with Gasteiger partial charge in [0.15, 0.2) is 0 Å². The van der Waals surface area contributed by atoms with Crippen molar-refractivity contribution in [1.29, 1.82) is 0 Å². The smallest absolute Gasteiger partial charge is 0.237 e. The SMILES string of the molecule is CN1CC2(C1)C(=O)Nc1cnccc12. The molecule has 0 radical (unpaired) electrons. The maximum absolute atomic E-state index is 11.8. The molecule has 1 spiro atoms. The van der Waals surface area contributed by atoms with Gasteiger partial charge in [-0.05, 0) is 18.7 Å². The van der Waals surface area contributed by atoms with Crippen molar-refractivity contribution in [2.24, 2.45) is 0 Å². The van der Waals surface area contributed by atoms with E-state index >= 15 is 0 Å². The number of aromatic nitrogens is 1. The Hall–Kier alpha value is -1.42. The van der Waals surface area contributed by atoms with Crippen LogP contribution < -0.4 is 5.32 Å². The fourth-order valence-corrected chi connectivity index (χ4v) is 2.46. The molecule has 1 N–H and O–H groups in total. The minimum absolute atomic E-state index is 0.124. The highest BCUT2D eigenvalue weighted by Crippen LogP contribution is 2.42. The maximum atomic E-state index is 11.8. The summed E-state index contributed by atoms with van der Waals surface area (Å²) in [5, 5.41) is 2.88. The second kappa shape index (κ2) is 2.33. The molecule has 0 bridgehead atoms. The van der Waals surface area contributed by atoms with E-state index in [9.17, 15) is 4.79 Å². The van der Waals surface area contributed by atoms with Crippen LogP contribution >= 0.6 is 0 Å². The molecular weight excluding hydrogens is 178 g/mol. The molecule has 0 atom stereocenters. The molecule has 1 saturated heterocycles. The summed E-state index contributed by atoms with van der Waals surface area (Å²) in [6, 6.07) is 1.94. The number of rotatable bonds is 0. The molecule has 4 nitrogen and oxygen atoms in total. The van der Waals surface area contributed by atoms with Crippen molar-refractivity contribution in [3.05, 3.63) is 24.0 Å². The van der Waals surface area contributed by atoms with Crippen LogP contribution in [0.5, 0.6) is 0 Å². The Morgan fingerprint density at radius 1 is 1.57 bits per heavy atom. The molecule has 1 aromatic heterocycles. The molecule has 1 amide bonds. The van der Waals surface area contributed by atoms with Gasteiger partial charge in [-0.1, -0.05) is 0 Å². The van der Waals surface area contributed by atoms with Crippen molar-refractivity contribution in [2.75, 3.05) is 25.5 Å². The van der Waals surface area contributed by atoms with E-state index in [2.05, 4.69) is 15.2 Å². The first-order valence-corrected chi connectivity index (χ1v) is 4.67. The minimum Gasteiger partial charge on any atom is -0.324 e. The Balaban J connectivity index is 2.12. The summed E-state index contributed by atoms with van der Waals surface area (Å²) < 4.78 is 0. The van der Waals surface area contributed by atoms with Gasteiger partial charge in [-0.3, -0.25) is 9.78 Å². The molecule has 2 aliphatic heterocycles. The maximum Gasteiger partial charge on any atom is 0.237 e. The number of nitrogens with one attached hydrogen (secondary N) is 1. The van der Waals surface area contributed by atoms with Gasteiger partial charge in [-0.25, -0.2) is 0 Å². The van der Waals surface area contributed by atoms with Gasteiger partial charge in [-0.2, -0.15) is 0 Å². The number of likely N-dealkylation sites (tertiary alicyclic amines) is 1. The van der Waals surface area contributed by atoms with E-state index in [4.69, 9.17) is 0 Å². The van der Waals surface area contributed by atoms with E-state index in [1.165, 1.54) is 0 Å². The summed E-state index contributed by atoms with van der Waals surface area (Å²) in [4.78, 5) is 18.0. The Bertz CT molecular complexity index is 410. The Morgan fingerprint density at radius 3 is 3.07 bits per heavy atom. The molecule has 0 saturated carbocycles. The lowest BCUT2D eigenvalue weighted by atomic mass is 9.75. The number of fused-ring (bicyclic) bond motifs is 2. The van der Waals surface area contributed by atoms with Crippen molar-refractivity contribution in [2.45, 2.75) is 5.41 Å². The number of carbonyl (C=O) groups is 1. The van der Waals surface area contributed by atoms with E-state index < -0.39 is 0 Å². The van der Waals surface area contributed by atoms with Crippen LogP contribution in [0.4, 0.5) is 5.69 Å². The topological polar surface area (TPSA) is 45.2 Å². The van der Waals surface area contributed by atoms with Gasteiger partial charge in [0.05, 0.1) is 11.9 Å². The monoisotopic (exact) mass is 189 g/mol. The molecule has 72 valence electrons. The van der Waals surface area contributed by atoms with E-state index in [0.717, 1.165) is 24.3 Å². The number of hydrogen-bond donors (Lipinski definition) is 1. The fraction of sp³-hybridized carbons (Fsp3) is 0.400. The molecule has 2 aliphatic rings. The third kappa shape index (κ3) is 0.767. The second-order valence-electron chi connectivity index (χ2n) is 4.13. The van der Waals surface area contributed by atoms with Crippen molar-refractivity contribution in [1.82, 2.24) is 9.88 Å². The summed E-state index contributed by atoms with van der Waals surface area (Å²) in [6.07, 6.45) is 3.47. The number of amides is 1. The summed E-state index contributed by atoms with van der Waals surface area (Å²) in [6.45, 7) is 1.63. The quantitative estimate of drug-likeness (QED) is 0.635. The Kier molecular flexibility index (Phi) is 1.32. The van der Waals surface area contributed by atoms with Gasteiger partial charge in [0.1, 0.15) is 5.41 Å². The van der Waals surface area contributed by atoms with Gasteiger partial charge < -0.3 is 10.2 Å². The van der Waals surface area contributed by atoms with Gasteiger partial charge >= 0.3 is 0 Å². The molecule has 1 fully saturated rings. The van der Waals surface area contributed by atoms with Crippen molar-refractivity contribution >= 4 is 11.6 Å². The van der Waals surface area contributed by atoms with Crippen LogP contribution in [0.3, 0.4) is 0 Å². The van der Waals surface area contributed by atoms with Crippen LogP contribution in [-0.4, -0.2) is 35.9 Å². The zero-order valence-corrected chi connectivity index (χ0v) is 7.95. The molecule has 0 aliphatic carbocycles. The van der Waals surface area contributed by atoms with E-state index in [-0.39, 0.29) is 11.3 Å². The fourth-order valence-electron chi connectivity index (χ4n) is 2.46. The lowest BCUT2D eigenvalue weighted by molar-refractivity contribution is -0.126. The van der Waals surface area contributed by atoms with E-state index in [1.807, 2.05) is 13.1 Å².